The molecule has 0 aromatic rings. The van der Waals surface area contributed by atoms with Crippen molar-refractivity contribution in [2.75, 3.05) is 0 Å². The van der Waals surface area contributed by atoms with Gasteiger partial charge in [-0.1, -0.05) is 51.2 Å². The van der Waals surface area contributed by atoms with Crippen molar-refractivity contribution < 1.29 is 14.3 Å². The average molecular weight is 300 g/mol. The van der Waals surface area contributed by atoms with E-state index in [2.05, 4.69) is 19.1 Å². The number of alkyl halides is 1. The molecule has 0 aromatic carbocycles. The molecular weight excluding hydrogens is 267 g/mol. The third kappa shape index (κ3) is 17.1. The van der Waals surface area contributed by atoms with E-state index in [1.165, 1.54) is 38.5 Å². The van der Waals surface area contributed by atoms with Crippen LogP contribution < -0.4 is 0 Å². The van der Waals surface area contributed by atoms with Gasteiger partial charge in [0, 0.05) is 6.42 Å². The quantitative estimate of drug-likeness (QED) is 0.295. The second kappa shape index (κ2) is 15.5. The summed E-state index contributed by atoms with van der Waals surface area (Å²) in [5, 5.41) is 8.47. The lowest BCUT2D eigenvalue weighted by Crippen LogP contribution is -2.02. The van der Waals surface area contributed by atoms with Crippen LogP contribution in [0.15, 0.2) is 12.2 Å². The Morgan fingerprint density at radius 2 is 1.52 bits per heavy atom. The first-order chi connectivity index (χ1) is 10.2. The molecule has 21 heavy (non-hydrogen) atoms. The molecule has 0 rings (SSSR count). The molecule has 0 fully saturated rings. The van der Waals surface area contributed by atoms with Crippen LogP contribution in [0.5, 0.6) is 0 Å². The Bertz CT molecular complexity index is 264. The highest BCUT2D eigenvalue weighted by Gasteiger charge is 2.06. The Hall–Kier alpha value is -0.860. The number of unbranched alkanes of at least 4 members (excludes halogenated alkanes) is 7. The van der Waals surface area contributed by atoms with E-state index in [9.17, 15) is 9.18 Å². The molecule has 0 aromatic heterocycles. The summed E-state index contributed by atoms with van der Waals surface area (Å²) in [5.41, 5.74) is 0. The smallest absolute Gasteiger partial charge is 0.303 e. The summed E-state index contributed by atoms with van der Waals surface area (Å²) in [7, 11) is 0. The van der Waals surface area contributed by atoms with Gasteiger partial charge in [-0.3, -0.25) is 4.79 Å². The fourth-order valence-corrected chi connectivity index (χ4v) is 2.35. The van der Waals surface area contributed by atoms with Gasteiger partial charge in [-0.15, -0.1) is 0 Å². The zero-order valence-electron chi connectivity index (χ0n) is 13.7. The number of hydrogen-bond acceptors (Lipinski definition) is 1. The maximum Gasteiger partial charge on any atom is 0.303 e. The summed E-state index contributed by atoms with van der Waals surface area (Å²) < 4.78 is 13.4. The van der Waals surface area contributed by atoms with Gasteiger partial charge in [-0.05, 0) is 44.9 Å². The summed E-state index contributed by atoms with van der Waals surface area (Å²) >= 11 is 0. The number of aliphatic carboxylic acids is 1. The van der Waals surface area contributed by atoms with E-state index in [1.54, 1.807) is 0 Å². The van der Waals surface area contributed by atoms with E-state index in [4.69, 9.17) is 5.11 Å². The number of carboxylic acids is 1. The van der Waals surface area contributed by atoms with E-state index in [0.717, 1.165) is 19.3 Å². The Morgan fingerprint density at radius 1 is 0.952 bits per heavy atom. The maximum absolute atomic E-state index is 13.4. The molecule has 0 aliphatic carbocycles. The van der Waals surface area contributed by atoms with Crippen molar-refractivity contribution in [2.24, 2.45) is 0 Å². The topological polar surface area (TPSA) is 37.3 Å². The number of carbonyl (C=O) groups is 1. The van der Waals surface area contributed by atoms with E-state index < -0.39 is 12.1 Å². The normalized spacial score (nSPS) is 12.9. The van der Waals surface area contributed by atoms with Crippen molar-refractivity contribution in [1.82, 2.24) is 0 Å². The molecule has 0 spiro atoms. The summed E-state index contributed by atoms with van der Waals surface area (Å²) in [5.74, 6) is -0.833. The van der Waals surface area contributed by atoms with Crippen LogP contribution in [-0.4, -0.2) is 17.2 Å². The third-order valence-corrected chi connectivity index (χ3v) is 3.69. The number of allylic oxidation sites excluding steroid dienone is 2. The lowest BCUT2D eigenvalue weighted by atomic mass is 10.1. The zero-order valence-corrected chi connectivity index (χ0v) is 13.7. The Kier molecular flexibility index (Phi) is 14.9. The van der Waals surface area contributed by atoms with Crippen LogP contribution in [0.2, 0.25) is 0 Å². The largest absolute Gasteiger partial charge is 0.481 e. The molecule has 0 saturated heterocycles. The molecule has 3 heteroatoms. The van der Waals surface area contributed by atoms with Crippen molar-refractivity contribution in [2.45, 2.75) is 96.6 Å². The van der Waals surface area contributed by atoms with Gasteiger partial charge in [0.25, 0.3) is 0 Å². The van der Waals surface area contributed by atoms with Crippen molar-refractivity contribution in [3.05, 3.63) is 12.2 Å². The Labute approximate surface area is 129 Å². The summed E-state index contributed by atoms with van der Waals surface area (Å²) in [6.07, 6.45) is 15.9. The fraction of sp³-hybridized carbons (Fsp3) is 0.833. The number of rotatable bonds is 15. The van der Waals surface area contributed by atoms with Crippen LogP contribution in [0.1, 0.15) is 90.4 Å². The third-order valence-electron chi connectivity index (χ3n) is 3.69. The molecule has 1 atom stereocenters. The van der Waals surface area contributed by atoms with Gasteiger partial charge >= 0.3 is 5.97 Å². The molecule has 0 aliphatic rings. The highest BCUT2D eigenvalue weighted by atomic mass is 19.1. The second-order valence-electron chi connectivity index (χ2n) is 5.84. The molecular formula is C18H33FO2. The standard InChI is InChI=1S/C18H33FO2/c1-2-3-4-5-6-7-8-9-10-11-12-14-17(19)15-13-16-18(20)21/h9-10,17H,2-8,11-16H2,1H3,(H,20,21)/b10-9-. The van der Waals surface area contributed by atoms with Crippen molar-refractivity contribution in [3.63, 3.8) is 0 Å². The summed E-state index contributed by atoms with van der Waals surface area (Å²) in [6, 6.07) is 0. The van der Waals surface area contributed by atoms with E-state index in [1.807, 2.05) is 0 Å². The van der Waals surface area contributed by atoms with Gasteiger partial charge in [0.05, 0.1) is 0 Å². The van der Waals surface area contributed by atoms with Crippen molar-refractivity contribution in [1.29, 1.82) is 0 Å². The van der Waals surface area contributed by atoms with E-state index >= 15 is 0 Å². The van der Waals surface area contributed by atoms with E-state index in [-0.39, 0.29) is 6.42 Å². The minimum atomic E-state index is -0.837. The Balaban J connectivity index is 3.25. The van der Waals surface area contributed by atoms with Gasteiger partial charge in [-0.2, -0.15) is 0 Å². The van der Waals surface area contributed by atoms with Crippen LogP contribution in [0, 0.1) is 0 Å². The number of halogens is 1. The summed E-state index contributed by atoms with van der Waals surface area (Å²) in [6.45, 7) is 2.23. The second-order valence-corrected chi connectivity index (χ2v) is 5.84. The molecule has 2 nitrogen and oxygen atoms in total. The van der Waals surface area contributed by atoms with Crippen LogP contribution in [-0.2, 0) is 4.79 Å². The molecule has 0 saturated carbocycles. The molecule has 124 valence electrons. The van der Waals surface area contributed by atoms with Gasteiger partial charge in [0.2, 0.25) is 0 Å². The van der Waals surface area contributed by atoms with Crippen LogP contribution in [0.4, 0.5) is 4.39 Å². The minimum Gasteiger partial charge on any atom is -0.481 e. The van der Waals surface area contributed by atoms with Crippen molar-refractivity contribution in [3.8, 4) is 0 Å². The van der Waals surface area contributed by atoms with Crippen LogP contribution >= 0.6 is 0 Å². The number of hydrogen-bond donors (Lipinski definition) is 1. The molecule has 0 bridgehead atoms. The van der Waals surface area contributed by atoms with Crippen LogP contribution in [0.3, 0.4) is 0 Å². The molecule has 1 N–H and O–H groups in total. The lowest BCUT2D eigenvalue weighted by Gasteiger charge is -2.05. The predicted octanol–water partition coefficient (Wildman–Crippen LogP) is 6.06. The predicted molar refractivity (Wildman–Crippen MR) is 87.4 cm³/mol. The molecule has 1 unspecified atom stereocenters. The maximum atomic E-state index is 13.4. The monoisotopic (exact) mass is 300 g/mol. The first-order valence-electron chi connectivity index (χ1n) is 8.67. The fourth-order valence-electron chi connectivity index (χ4n) is 2.35. The number of carboxylic acid groups (broad SMARTS) is 1. The molecule has 0 heterocycles. The van der Waals surface area contributed by atoms with Crippen molar-refractivity contribution >= 4 is 5.97 Å². The van der Waals surface area contributed by atoms with Gasteiger partial charge in [0.1, 0.15) is 6.17 Å². The van der Waals surface area contributed by atoms with Gasteiger partial charge < -0.3 is 5.11 Å². The zero-order chi connectivity index (χ0) is 15.8. The van der Waals surface area contributed by atoms with Crippen LogP contribution in [0.25, 0.3) is 0 Å². The highest BCUT2D eigenvalue weighted by Crippen LogP contribution is 2.13. The van der Waals surface area contributed by atoms with Gasteiger partial charge in [0.15, 0.2) is 0 Å². The van der Waals surface area contributed by atoms with Gasteiger partial charge in [-0.25, -0.2) is 4.39 Å². The van der Waals surface area contributed by atoms with E-state index in [0.29, 0.717) is 19.3 Å². The lowest BCUT2D eigenvalue weighted by molar-refractivity contribution is -0.137. The first kappa shape index (κ1) is 20.1. The SMILES string of the molecule is CCCCCCCC/C=C\CCCC(F)CCCC(=O)O. The average Bonchev–Trinajstić information content (AvgIpc) is 2.44. The molecule has 0 amide bonds. The highest BCUT2D eigenvalue weighted by molar-refractivity contribution is 5.66. The molecule has 0 radical (unpaired) electrons. The Morgan fingerprint density at radius 3 is 2.19 bits per heavy atom. The minimum absolute atomic E-state index is 0.0819. The first-order valence-corrected chi connectivity index (χ1v) is 8.67. The summed E-state index contributed by atoms with van der Waals surface area (Å²) in [4.78, 5) is 10.3. The molecule has 0 aliphatic heterocycles.